The van der Waals surface area contributed by atoms with Gasteiger partial charge in [-0.1, -0.05) is 39.0 Å². The number of nitrogen functional groups attached to an aromatic ring is 1. The van der Waals surface area contributed by atoms with Crippen molar-refractivity contribution >= 4 is 27.6 Å². The van der Waals surface area contributed by atoms with Crippen LogP contribution in [0.25, 0.3) is 0 Å². The molecular formula is C15H22BrNO2. The molecule has 0 fully saturated rings. The van der Waals surface area contributed by atoms with E-state index in [0.717, 1.165) is 17.3 Å². The second-order valence-electron chi connectivity index (χ2n) is 4.64. The molecule has 0 saturated carbocycles. The normalized spacial score (nSPS) is 10.4. The molecule has 0 bridgehead atoms. The van der Waals surface area contributed by atoms with Crippen LogP contribution in [0, 0.1) is 0 Å². The number of hydrogen-bond acceptors (Lipinski definition) is 3. The molecule has 0 radical (unpaired) electrons. The van der Waals surface area contributed by atoms with Crippen LogP contribution >= 0.6 is 15.9 Å². The van der Waals surface area contributed by atoms with Crippen molar-refractivity contribution in [3.63, 3.8) is 0 Å². The van der Waals surface area contributed by atoms with Gasteiger partial charge in [0.1, 0.15) is 0 Å². The van der Waals surface area contributed by atoms with Gasteiger partial charge in [-0.25, -0.2) is 4.79 Å². The summed E-state index contributed by atoms with van der Waals surface area (Å²) in [5, 5.41) is 0. The molecule has 0 aliphatic carbocycles. The Labute approximate surface area is 123 Å². The van der Waals surface area contributed by atoms with Crippen molar-refractivity contribution in [3.8, 4) is 0 Å². The molecule has 4 heteroatoms. The summed E-state index contributed by atoms with van der Waals surface area (Å²) in [5.41, 5.74) is 6.78. The molecule has 0 aliphatic rings. The van der Waals surface area contributed by atoms with Gasteiger partial charge in [0.25, 0.3) is 0 Å². The first-order chi connectivity index (χ1) is 9.15. The summed E-state index contributed by atoms with van der Waals surface area (Å²) in [6, 6.07) is 5.11. The monoisotopic (exact) mass is 327 g/mol. The second-order valence-corrected chi connectivity index (χ2v) is 5.49. The van der Waals surface area contributed by atoms with E-state index in [0.29, 0.717) is 17.9 Å². The van der Waals surface area contributed by atoms with Crippen LogP contribution in [-0.2, 0) is 4.74 Å². The lowest BCUT2D eigenvalue weighted by Gasteiger charge is -2.06. The van der Waals surface area contributed by atoms with Gasteiger partial charge in [0.2, 0.25) is 0 Å². The molecule has 106 valence electrons. The maximum Gasteiger partial charge on any atom is 0.338 e. The van der Waals surface area contributed by atoms with Crippen LogP contribution in [-0.4, -0.2) is 12.6 Å². The quantitative estimate of drug-likeness (QED) is 0.433. The first-order valence-corrected chi connectivity index (χ1v) is 7.66. The van der Waals surface area contributed by atoms with E-state index in [1.54, 1.807) is 18.2 Å². The van der Waals surface area contributed by atoms with Crippen molar-refractivity contribution in [2.24, 2.45) is 0 Å². The first-order valence-electron chi connectivity index (χ1n) is 6.87. The van der Waals surface area contributed by atoms with Crippen LogP contribution in [0.15, 0.2) is 22.7 Å². The summed E-state index contributed by atoms with van der Waals surface area (Å²) in [6.45, 7) is 2.69. The molecule has 0 unspecified atom stereocenters. The molecule has 0 aromatic heterocycles. The highest BCUT2D eigenvalue weighted by molar-refractivity contribution is 9.10. The van der Waals surface area contributed by atoms with Crippen molar-refractivity contribution in [2.75, 3.05) is 12.3 Å². The van der Waals surface area contributed by atoms with Crippen LogP contribution in [0.2, 0.25) is 0 Å². The molecule has 1 rings (SSSR count). The lowest BCUT2D eigenvalue weighted by molar-refractivity contribution is 0.0497. The fourth-order valence-corrected chi connectivity index (χ4v) is 2.05. The lowest BCUT2D eigenvalue weighted by atomic mass is 10.1. The van der Waals surface area contributed by atoms with Gasteiger partial charge in [0.05, 0.1) is 12.2 Å². The molecule has 1 aromatic rings. The number of benzene rings is 1. The second kappa shape index (κ2) is 8.97. The Kier molecular flexibility index (Phi) is 7.56. The third-order valence-corrected chi connectivity index (χ3v) is 3.68. The van der Waals surface area contributed by atoms with E-state index >= 15 is 0 Å². The Morgan fingerprint density at radius 2 is 1.89 bits per heavy atom. The molecule has 2 N–H and O–H groups in total. The molecule has 0 atom stereocenters. The van der Waals surface area contributed by atoms with E-state index in [4.69, 9.17) is 10.5 Å². The van der Waals surface area contributed by atoms with Crippen molar-refractivity contribution < 1.29 is 9.53 Å². The number of nitrogens with two attached hydrogens (primary N) is 1. The van der Waals surface area contributed by atoms with Crippen molar-refractivity contribution in [3.05, 3.63) is 28.2 Å². The zero-order valence-corrected chi connectivity index (χ0v) is 13.0. The van der Waals surface area contributed by atoms with Crippen molar-refractivity contribution in [1.29, 1.82) is 0 Å². The topological polar surface area (TPSA) is 52.3 Å². The van der Waals surface area contributed by atoms with Gasteiger partial charge in [0.15, 0.2) is 0 Å². The molecule has 0 heterocycles. The van der Waals surface area contributed by atoms with Gasteiger partial charge in [-0.2, -0.15) is 0 Å². The SMILES string of the molecule is CCCCCCCCOC(=O)c1ccc(Br)c(N)c1. The molecule has 0 saturated heterocycles. The minimum absolute atomic E-state index is 0.298. The molecule has 3 nitrogen and oxygen atoms in total. The van der Waals surface area contributed by atoms with E-state index in [-0.39, 0.29) is 5.97 Å². The number of carbonyl (C=O) groups is 1. The first kappa shape index (κ1) is 16.0. The summed E-state index contributed by atoms with van der Waals surface area (Å²) in [4.78, 5) is 11.8. The molecule has 1 aromatic carbocycles. The lowest BCUT2D eigenvalue weighted by Crippen LogP contribution is -2.07. The number of hydrogen-bond donors (Lipinski definition) is 1. The molecular weight excluding hydrogens is 306 g/mol. The van der Waals surface area contributed by atoms with Crippen molar-refractivity contribution in [2.45, 2.75) is 45.4 Å². The minimum Gasteiger partial charge on any atom is -0.462 e. The summed E-state index contributed by atoms with van der Waals surface area (Å²) < 4.78 is 6.01. The standard InChI is InChI=1S/C15H22BrNO2/c1-2-3-4-5-6-7-10-19-15(18)12-8-9-13(16)14(17)11-12/h8-9,11H,2-7,10,17H2,1H3. The van der Waals surface area contributed by atoms with Gasteiger partial charge in [-0.3, -0.25) is 0 Å². The van der Waals surface area contributed by atoms with Gasteiger partial charge in [-0.05, 0) is 40.5 Å². The van der Waals surface area contributed by atoms with E-state index in [9.17, 15) is 4.79 Å². The minimum atomic E-state index is -0.298. The highest BCUT2D eigenvalue weighted by atomic mass is 79.9. The molecule has 19 heavy (non-hydrogen) atoms. The number of ether oxygens (including phenoxy) is 1. The predicted molar refractivity (Wildman–Crippen MR) is 82.2 cm³/mol. The Balaban J connectivity index is 2.22. The third kappa shape index (κ3) is 6.10. The number of carbonyl (C=O) groups excluding carboxylic acids is 1. The number of anilines is 1. The van der Waals surface area contributed by atoms with Crippen LogP contribution in [0.5, 0.6) is 0 Å². The molecule has 0 amide bonds. The number of esters is 1. The Morgan fingerprint density at radius 1 is 1.21 bits per heavy atom. The van der Waals surface area contributed by atoms with Crippen LogP contribution in [0.3, 0.4) is 0 Å². The van der Waals surface area contributed by atoms with Gasteiger partial charge in [-0.15, -0.1) is 0 Å². The summed E-state index contributed by atoms with van der Waals surface area (Å²) in [5.74, 6) is -0.298. The summed E-state index contributed by atoms with van der Waals surface area (Å²) in [7, 11) is 0. The van der Waals surface area contributed by atoms with Crippen LogP contribution in [0.1, 0.15) is 55.8 Å². The molecule has 0 aliphatic heterocycles. The smallest absolute Gasteiger partial charge is 0.338 e. The Bertz CT molecular complexity index is 407. The zero-order valence-electron chi connectivity index (χ0n) is 11.5. The summed E-state index contributed by atoms with van der Waals surface area (Å²) >= 11 is 3.30. The van der Waals surface area contributed by atoms with E-state index < -0.39 is 0 Å². The number of unbranched alkanes of at least 4 members (excludes halogenated alkanes) is 5. The van der Waals surface area contributed by atoms with E-state index in [1.807, 2.05) is 0 Å². The average Bonchev–Trinajstić information content (AvgIpc) is 2.40. The summed E-state index contributed by atoms with van der Waals surface area (Å²) in [6.07, 6.45) is 7.08. The van der Waals surface area contributed by atoms with Crippen LogP contribution in [0.4, 0.5) is 5.69 Å². The molecule has 0 spiro atoms. The van der Waals surface area contributed by atoms with Crippen molar-refractivity contribution in [1.82, 2.24) is 0 Å². The Morgan fingerprint density at radius 3 is 2.58 bits per heavy atom. The van der Waals surface area contributed by atoms with Gasteiger partial charge in [0, 0.05) is 10.2 Å². The van der Waals surface area contributed by atoms with Crippen LogP contribution < -0.4 is 5.73 Å². The maximum atomic E-state index is 11.8. The number of halogens is 1. The number of rotatable bonds is 8. The van der Waals surface area contributed by atoms with E-state index in [1.165, 1.54) is 25.7 Å². The fraction of sp³-hybridized carbons (Fsp3) is 0.533. The maximum absolute atomic E-state index is 11.8. The van der Waals surface area contributed by atoms with Gasteiger partial charge >= 0.3 is 5.97 Å². The zero-order chi connectivity index (χ0) is 14.1. The average molecular weight is 328 g/mol. The Hall–Kier alpha value is -1.03. The largest absolute Gasteiger partial charge is 0.462 e. The predicted octanol–water partition coefficient (Wildman–Crippen LogP) is 4.55. The fourth-order valence-electron chi connectivity index (χ4n) is 1.80. The highest BCUT2D eigenvalue weighted by Crippen LogP contribution is 2.20. The third-order valence-electron chi connectivity index (χ3n) is 2.96. The van der Waals surface area contributed by atoms with Gasteiger partial charge < -0.3 is 10.5 Å². The highest BCUT2D eigenvalue weighted by Gasteiger charge is 2.08. The van der Waals surface area contributed by atoms with E-state index in [2.05, 4.69) is 22.9 Å².